The van der Waals surface area contributed by atoms with E-state index in [0.29, 0.717) is 22.3 Å². The molecule has 0 aromatic heterocycles. The average Bonchev–Trinajstić information content (AvgIpc) is 2.72. The first-order valence-corrected chi connectivity index (χ1v) is 14.9. The fourth-order valence-corrected chi connectivity index (χ4v) is 5.28. The van der Waals surface area contributed by atoms with E-state index in [1.807, 2.05) is 0 Å². The van der Waals surface area contributed by atoms with Crippen molar-refractivity contribution >= 4 is 60.5 Å². The van der Waals surface area contributed by atoms with Crippen LogP contribution in [0.1, 0.15) is 56.8 Å². The molecule has 2 aromatic carbocycles. The summed E-state index contributed by atoms with van der Waals surface area (Å²) in [7, 11) is -6.86. The summed E-state index contributed by atoms with van der Waals surface area (Å²) < 4.78 is 46.9. The standard InChI is InChI=1S/C13H17N3O3S.C12H13ClO3S/c1-4-5-9-6-8(2)10(12(17)16-13(14)15)7-11(9)20(3,18)19;1-4-5-9-6-8(2)10(12(13)14)7-11(9)17(3,15)16/h4-7H,1-3H3,(H4,14,15,16,17);4-7H,1-3H3. The number of guanidine groups is 1. The Kier molecular flexibility index (Phi) is 11.0. The monoisotopic (exact) mass is 567 g/mol. The lowest BCUT2D eigenvalue weighted by molar-refractivity contribution is 0.100. The number of allylic oxidation sites excluding steroid dienone is 2. The van der Waals surface area contributed by atoms with Gasteiger partial charge in [-0.25, -0.2) is 16.8 Å². The fourth-order valence-electron chi connectivity index (χ4n) is 3.30. The number of rotatable bonds is 6. The van der Waals surface area contributed by atoms with Gasteiger partial charge in [0.1, 0.15) is 0 Å². The number of sulfone groups is 2. The zero-order valence-corrected chi connectivity index (χ0v) is 23.8. The van der Waals surface area contributed by atoms with Crippen LogP contribution in [-0.2, 0) is 19.7 Å². The maximum atomic E-state index is 11.9. The second-order valence-corrected chi connectivity index (χ2v) is 12.4. The van der Waals surface area contributed by atoms with Gasteiger partial charge in [0, 0.05) is 23.6 Å². The lowest BCUT2D eigenvalue weighted by Gasteiger charge is -2.09. The number of hydrogen-bond acceptors (Lipinski definition) is 6. The van der Waals surface area contributed by atoms with Crippen LogP contribution in [0, 0.1) is 13.8 Å². The van der Waals surface area contributed by atoms with Crippen molar-refractivity contribution < 1.29 is 26.4 Å². The van der Waals surface area contributed by atoms with Crippen LogP contribution in [0.2, 0.25) is 0 Å². The molecule has 0 saturated heterocycles. The molecule has 0 spiro atoms. The van der Waals surface area contributed by atoms with Crippen LogP contribution in [0.3, 0.4) is 0 Å². The van der Waals surface area contributed by atoms with Crippen LogP contribution in [0.15, 0.2) is 51.2 Å². The van der Waals surface area contributed by atoms with Crippen molar-refractivity contribution in [3.05, 3.63) is 69.8 Å². The Morgan fingerprint density at radius 2 is 1.16 bits per heavy atom. The van der Waals surface area contributed by atoms with Crippen molar-refractivity contribution in [3.8, 4) is 0 Å². The predicted molar refractivity (Wildman–Crippen MR) is 148 cm³/mol. The Morgan fingerprint density at radius 1 is 0.784 bits per heavy atom. The average molecular weight is 568 g/mol. The number of nitrogens with two attached hydrogens (primary N) is 2. The highest BCUT2D eigenvalue weighted by Gasteiger charge is 2.18. The zero-order chi connectivity index (χ0) is 28.7. The molecular formula is C25H30ClN3O6S2. The molecule has 0 bridgehead atoms. The normalized spacial score (nSPS) is 11.8. The van der Waals surface area contributed by atoms with Crippen LogP contribution in [0.5, 0.6) is 0 Å². The Balaban J connectivity index is 0.000000375. The lowest BCUT2D eigenvalue weighted by Crippen LogP contribution is -2.24. The third-order valence-electron chi connectivity index (χ3n) is 4.88. The number of carbonyl (C=O) groups excluding carboxylic acids is 2. The van der Waals surface area contributed by atoms with Gasteiger partial charge in [-0.2, -0.15) is 4.99 Å². The highest BCUT2D eigenvalue weighted by atomic mass is 35.5. The van der Waals surface area contributed by atoms with E-state index >= 15 is 0 Å². The summed E-state index contributed by atoms with van der Waals surface area (Å²) in [5.41, 5.74) is 13.0. The number of amides is 1. The molecular weight excluding hydrogens is 538 g/mol. The Hall–Kier alpha value is -3.28. The topological polar surface area (TPSA) is 167 Å². The molecule has 12 heteroatoms. The summed E-state index contributed by atoms with van der Waals surface area (Å²) >= 11 is 5.41. The molecule has 0 atom stereocenters. The van der Waals surface area contributed by atoms with E-state index in [0.717, 1.165) is 12.5 Å². The quantitative estimate of drug-likeness (QED) is 0.303. The Morgan fingerprint density at radius 3 is 1.49 bits per heavy atom. The van der Waals surface area contributed by atoms with Gasteiger partial charge in [0.2, 0.25) is 0 Å². The Labute approximate surface area is 222 Å². The number of halogens is 1. The lowest BCUT2D eigenvalue weighted by atomic mass is 10.0. The molecule has 0 aliphatic rings. The minimum atomic E-state index is -3.47. The largest absolute Gasteiger partial charge is 0.370 e. The first kappa shape index (κ1) is 31.7. The summed E-state index contributed by atoms with van der Waals surface area (Å²) in [6, 6.07) is 5.89. The van der Waals surface area contributed by atoms with Crippen molar-refractivity contribution in [1.82, 2.24) is 0 Å². The third-order valence-corrected chi connectivity index (χ3v) is 7.39. The van der Waals surface area contributed by atoms with Gasteiger partial charge in [-0.15, -0.1) is 0 Å². The second kappa shape index (κ2) is 12.8. The molecule has 1 amide bonds. The number of aliphatic imine (C=N–C) groups is 1. The van der Waals surface area contributed by atoms with Gasteiger partial charge >= 0.3 is 0 Å². The number of benzene rings is 2. The molecule has 4 N–H and O–H groups in total. The minimum Gasteiger partial charge on any atom is -0.370 e. The summed E-state index contributed by atoms with van der Waals surface area (Å²) in [6.07, 6.45) is 9.00. The van der Waals surface area contributed by atoms with Crippen molar-refractivity contribution in [2.75, 3.05) is 12.5 Å². The number of nitrogens with zero attached hydrogens (tertiary/aromatic N) is 1. The summed E-state index contributed by atoms with van der Waals surface area (Å²) in [5, 5.41) is -0.653. The maximum Gasteiger partial charge on any atom is 0.280 e. The number of aryl methyl sites for hydroxylation is 2. The smallest absolute Gasteiger partial charge is 0.280 e. The van der Waals surface area contributed by atoms with Gasteiger partial charge in [0.05, 0.1) is 9.79 Å². The minimum absolute atomic E-state index is 0.0651. The van der Waals surface area contributed by atoms with E-state index in [1.165, 1.54) is 12.1 Å². The van der Waals surface area contributed by atoms with E-state index in [-0.39, 0.29) is 26.9 Å². The van der Waals surface area contributed by atoms with Crippen molar-refractivity contribution in [1.29, 1.82) is 0 Å². The highest BCUT2D eigenvalue weighted by molar-refractivity contribution is 7.91. The van der Waals surface area contributed by atoms with E-state index in [9.17, 15) is 26.4 Å². The van der Waals surface area contributed by atoms with Gasteiger partial charge in [0.15, 0.2) is 25.6 Å². The molecule has 9 nitrogen and oxygen atoms in total. The van der Waals surface area contributed by atoms with Gasteiger partial charge < -0.3 is 11.5 Å². The predicted octanol–water partition coefficient (Wildman–Crippen LogP) is 3.66. The summed E-state index contributed by atoms with van der Waals surface area (Å²) in [6.45, 7) is 6.98. The molecule has 0 radical (unpaired) electrons. The van der Waals surface area contributed by atoms with Gasteiger partial charge in [-0.1, -0.05) is 24.3 Å². The molecule has 0 aliphatic carbocycles. The molecule has 200 valence electrons. The van der Waals surface area contributed by atoms with E-state index in [4.69, 9.17) is 23.1 Å². The molecule has 0 fully saturated rings. The molecule has 0 aliphatic heterocycles. The Bertz CT molecular complexity index is 1520. The van der Waals surface area contributed by atoms with Gasteiger partial charge in [-0.3, -0.25) is 9.59 Å². The number of hydrogen-bond donors (Lipinski definition) is 2. The van der Waals surface area contributed by atoms with E-state index in [2.05, 4.69) is 4.99 Å². The summed E-state index contributed by atoms with van der Waals surface area (Å²) in [4.78, 5) is 26.6. The molecule has 37 heavy (non-hydrogen) atoms. The molecule has 0 heterocycles. The van der Waals surface area contributed by atoms with Crippen LogP contribution < -0.4 is 11.5 Å². The van der Waals surface area contributed by atoms with Crippen LogP contribution in [-0.4, -0.2) is 46.5 Å². The van der Waals surface area contributed by atoms with Gasteiger partial charge in [-0.05, 0) is 85.8 Å². The van der Waals surface area contributed by atoms with Crippen molar-refractivity contribution in [3.63, 3.8) is 0 Å². The molecule has 0 unspecified atom stereocenters. The van der Waals surface area contributed by atoms with Crippen LogP contribution in [0.25, 0.3) is 12.2 Å². The maximum absolute atomic E-state index is 11.9. The van der Waals surface area contributed by atoms with E-state index < -0.39 is 30.8 Å². The van der Waals surface area contributed by atoms with Crippen molar-refractivity contribution in [2.45, 2.75) is 37.5 Å². The van der Waals surface area contributed by atoms with Crippen LogP contribution >= 0.6 is 11.6 Å². The summed E-state index contributed by atoms with van der Waals surface area (Å²) in [5.74, 6) is -1.03. The first-order chi connectivity index (χ1) is 16.9. The molecule has 2 aromatic rings. The van der Waals surface area contributed by atoms with Gasteiger partial charge in [0.25, 0.3) is 11.1 Å². The zero-order valence-electron chi connectivity index (χ0n) is 21.4. The first-order valence-electron chi connectivity index (χ1n) is 10.7. The van der Waals surface area contributed by atoms with Crippen molar-refractivity contribution in [2.24, 2.45) is 16.5 Å². The molecule has 0 saturated carbocycles. The number of carbonyl (C=O) groups is 2. The van der Waals surface area contributed by atoms with Crippen LogP contribution in [0.4, 0.5) is 0 Å². The molecule has 2 rings (SSSR count). The SMILES string of the molecule is CC=Cc1cc(C)c(C(=O)Cl)cc1S(C)(=O)=O.CC=Cc1cc(C)c(C(=O)N=C(N)N)cc1S(C)(=O)=O. The highest BCUT2D eigenvalue weighted by Crippen LogP contribution is 2.24. The second-order valence-electron chi connectivity index (χ2n) is 8.07. The van der Waals surface area contributed by atoms with E-state index in [1.54, 1.807) is 64.1 Å². The fraction of sp³-hybridized carbons (Fsp3) is 0.240. The third kappa shape index (κ3) is 8.96.